The highest BCUT2D eigenvalue weighted by Crippen LogP contribution is 2.17. The van der Waals surface area contributed by atoms with Crippen molar-refractivity contribution < 1.29 is 4.39 Å². The number of nitrogens with zero attached hydrogens (tertiary/aromatic N) is 1. The largest absolute Gasteiger partial charge is 0.324 e. The molecule has 0 aliphatic carbocycles. The van der Waals surface area contributed by atoms with Crippen LogP contribution in [0.25, 0.3) is 0 Å². The molecule has 1 aromatic heterocycles. The molecule has 0 aliphatic rings. The predicted octanol–water partition coefficient (Wildman–Crippen LogP) is 2.00. The Hall–Kier alpha value is -0.480. The molecule has 2 nitrogen and oxygen atoms in total. The zero-order chi connectivity index (χ0) is 8.43. The average molecular weight is 219 g/mol. The molecule has 0 amide bonds. The van der Waals surface area contributed by atoms with Gasteiger partial charge in [0.25, 0.3) is 0 Å². The third kappa shape index (κ3) is 1.97. The van der Waals surface area contributed by atoms with Gasteiger partial charge in [-0.25, -0.2) is 9.37 Å². The van der Waals surface area contributed by atoms with E-state index in [1.165, 1.54) is 0 Å². The third-order valence-corrected chi connectivity index (χ3v) is 1.78. The van der Waals surface area contributed by atoms with Crippen molar-refractivity contribution in [2.24, 2.45) is 5.73 Å². The van der Waals surface area contributed by atoms with Crippen molar-refractivity contribution in [3.05, 3.63) is 28.2 Å². The number of pyridine rings is 1. The van der Waals surface area contributed by atoms with Gasteiger partial charge < -0.3 is 5.73 Å². The number of halogens is 2. The van der Waals surface area contributed by atoms with Crippen LogP contribution in [0.1, 0.15) is 18.5 Å². The van der Waals surface area contributed by atoms with Gasteiger partial charge >= 0.3 is 0 Å². The fourth-order valence-electron chi connectivity index (χ4n) is 0.776. The van der Waals surface area contributed by atoms with E-state index in [9.17, 15) is 4.39 Å². The van der Waals surface area contributed by atoms with Gasteiger partial charge in [0.05, 0.1) is 6.20 Å². The van der Waals surface area contributed by atoms with Crippen molar-refractivity contribution in [2.75, 3.05) is 0 Å². The first-order valence-corrected chi connectivity index (χ1v) is 3.97. The van der Waals surface area contributed by atoms with Crippen molar-refractivity contribution in [1.29, 1.82) is 0 Å². The van der Waals surface area contributed by atoms with Crippen LogP contribution in [0.5, 0.6) is 0 Å². The molecule has 0 unspecified atom stereocenters. The van der Waals surface area contributed by atoms with Crippen LogP contribution < -0.4 is 5.73 Å². The van der Waals surface area contributed by atoms with Crippen molar-refractivity contribution in [3.8, 4) is 0 Å². The van der Waals surface area contributed by atoms with Gasteiger partial charge in [0.1, 0.15) is 10.4 Å². The van der Waals surface area contributed by atoms with Crippen molar-refractivity contribution >= 4 is 15.9 Å². The monoisotopic (exact) mass is 218 g/mol. The lowest BCUT2D eigenvalue weighted by Crippen LogP contribution is -2.07. The molecule has 0 spiro atoms. The molecular formula is C7H8BrFN2. The summed E-state index contributed by atoms with van der Waals surface area (Å²) in [7, 11) is 0. The first kappa shape index (κ1) is 8.62. The Morgan fingerprint density at radius 3 is 2.82 bits per heavy atom. The van der Waals surface area contributed by atoms with Crippen LogP contribution in [-0.4, -0.2) is 4.98 Å². The zero-order valence-corrected chi connectivity index (χ0v) is 7.60. The maximum atomic E-state index is 12.9. The second kappa shape index (κ2) is 3.28. The second-order valence-corrected chi connectivity index (χ2v) is 3.13. The van der Waals surface area contributed by atoms with Crippen molar-refractivity contribution in [2.45, 2.75) is 13.0 Å². The first-order valence-electron chi connectivity index (χ1n) is 3.18. The Labute approximate surface area is 72.8 Å². The molecule has 1 heterocycles. The molecule has 2 N–H and O–H groups in total. The first-order chi connectivity index (χ1) is 5.11. The molecule has 1 atom stereocenters. The van der Waals surface area contributed by atoms with E-state index in [1.54, 1.807) is 13.0 Å². The van der Waals surface area contributed by atoms with E-state index < -0.39 is 0 Å². The predicted molar refractivity (Wildman–Crippen MR) is 44.5 cm³/mol. The summed E-state index contributed by atoms with van der Waals surface area (Å²) in [6.45, 7) is 1.73. The molecule has 0 saturated carbocycles. The fourth-order valence-corrected chi connectivity index (χ4v) is 1.13. The molecule has 0 aromatic carbocycles. The minimum Gasteiger partial charge on any atom is -0.324 e. The van der Waals surface area contributed by atoms with Crippen LogP contribution in [0.3, 0.4) is 0 Å². The van der Waals surface area contributed by atoms with Crippen molar-refractivity contribution in [3.63, 3.8) is 0 Å². The van der Waals surface area contributed by atoms with E-state index in [1.807, 2.05) is 0 Å². The van der Waals surface area contributed by atoms with E-state index in [4.69, 9.17) is 5.73 Å². The Morgan fingerprint density at radius 2 is 2.36 bits per heavy atom. The standard InChI is InChI=1S/C7H8BrFN2/c1-4(10)5-2-7(8)11-3-6(5)9/h2-4H,10H2,1H3/t4-/m0/s1. The molecule has 11 heavy (non-hydrogen) atoms. The molecule has 0 radical (unpaired) electrons. The smallest absolute Gasteiger partial charge is 0.146 e. The number of hydrogen-bond acceptors (Lipinski definition) is 2. The molecule has 4 heteroatoms. The highest BCUT2D eigenvalue weighted by molar-refractivity contribution is 9.10. The third-order valence-electron chi connectivity index (χ3n) is 1.34. The highest BCUT2D eigenvalue weighted by Gasteiger charge is 2.06. The van der Waals surface area contributed by atoms with Gasteiger partial charge in [-0.3, -0.25) is 0 Å². The van der Waals surface area contributed by atoms with Crippen LogP contribution >= 0.6 is 15.9 Å². The van der Waals surface area contributed by atoms with E-state index in [2.05, 4.69) is 20.9 Å². The molecule has 0 fully saturated rings. The van der Waals surface area contributed by atoms with Gasteiger partial charge in [-0.05, 0) is 28.9 Å². The summed E-state index contributed by atoms with van der Waals surface area (Å²) in [5.41, 5.74) is 5.97. The summed E-state index contributed by atoms with van der Waals surface area (Å²) < 4.78 is 13.5. The minimum atomic E-state index is -0.358. The Kier molecular flexibility index (Phi) is 2.57. The van der Waals surface area contributed by atoms with Gasteiger partial charge in [-0.15, -0.1) is 0 Å². The minimum absolute atomic E-state index is 0.297. The summed E-state index contributed by atoms with van der Waals surface area (Å²) >= 11 is 3.13. The van der Waals surface area contributed by atoms with Crippen LogP contribution in [0.4, 0.5) is 4.39 Å². The number of hydrogen-bond donors (Lipinski definition) is 1. The summed E-state index contributed by atoms with van der Waals surface area (Å²) in [5, 5.41) is 0. The zero-order valence-electron chi connectivity index (χ0n) is 6.01. The number of nitrogens with two attached hydrogens (primary N) is 1. The topological polar surface area (TPSA) is 38.9 Å². The number of rotatable bonds is 1. The molecule has 60 valence electrons. The van der Waals surface area contributed by atoms with Crippen LogP contribution in [-0.2, 0) is 0 Å². The summed E-state index contributed by atoms with van der Waals surface area (Å²) in [5.74, 6) is -0.358. The van der Waals surface area contributed by atoms with E-state index >= 15 is 0 Å². The molecule has 1 aromatic rings. The lowest BCUT2D eigenvalue weighted by molar-refractivity contribution is 0.586. The van der Waals surface area contributed by atoms with E-state index in [0.717, 1.165) is 6.20 Å². The molecule has 0 aliphatic heterocycles. The molecule has 0 bridgehead atoms. The van der Waals surface area contributed by atoms with E-state index in [-0.39, 0.29) is 11.9 Å². The van der Waals surface area contributed by atoms with Gasteiger partial charge in [0, 0.05) is 11.6 Å². The fraction of sp³-hybridized carbons (Fsp3) is 0.286. The van der Waals surface area contributed by atoms with Gasteiger partial charge in [-0.1, -0.05) is 0 Å². The molecular weight excluding hydrogens is 211 g/mol. The maximum Gasteiger partial charge on any atom is 0.146 e. The quantitative estimate of drug-likeness (QED) is 0.733. The lowest BCUT2D eigenvalue weighted by atomic mass is 10.1. The van der Waals surface area contributed by atoms with Crippen LogP contribution in [0.15, 0.2) is 16.9 Å². The SMILES string of the molecule is C[C@H](N)c1cc(Br)ncc1F. The van der Waals surface area contributed by atoms with Gasteiger partial charge in [0.2, 0.25) is 0 Å². The second-order valence-electron chi connectivity index (χ2n) is 2.32. The Bertz CT molecular complexity index is 263. The van der Waals surface area contributed by atoms with Gasteiger partial charge in [-0.2, -0.15) is 0 Å². The summed E-state index contributed by atoms with van der Waals surface area (Å²) in [6.07, 6.45) is 1.16. The van der Waals surface area contributed by atoms with Crippen LogP contribution in [0, 0.1) is 5.82 Å². The Morgan fingerprint density at radius 1 is 1.73 bits per heavy atom. The highest BCUT2D eigenvalue weighted by atomic mass is 79.9. The van der Waals surface area contributed by atoms with E-state index in [0.29, 0.717) is 10.2 Å². The lowest BCUT2D eigenvalue weighted by Gasteiger charge is -2.05. The molecule has 1 rings (SSSR count). The van der Waals surface area contributed by atoms with Gasteiger partial charge in [0.15, 0.2) is 0 Å². The van der Waals surface area contributed by atoms with Crippen molar-refractivity contribution in [1.82, 2.24) is 4.98 Å². The normalized spacial score (nSPS) is 13.1. The molecule has 0 saturated heterocycles. The van der Waals surface area contributed by atoms with Crippen LogP contribution in [0.2, 0.25) is 0 Å². The number of aromatic nitrogens is 1. The Balaban J connectivity index is 3.13. The summed E-state index contributed by atoms with van der Waals surface area (Å²) in [4.78, 5) is 3.71. The maximum absolute atomic E-state index is 12.9. The average Bonchev–Trinajstić information content (AvgIpc) is 1.94. The summed E-state index contributed by atoms with van der Waals surface area (Å²) in [6, 6.07) is 1.29.